The molecule has 1 aromatic carbocycles. The van der Waals surface area contributed by atoms with E-state index in [2.05, 4.69) is 41.3 Å². The van der Waals surface area contributed by atoms with Gasteiger partial charge < -0.3 is 15.4 Å². The Kier molecular flexibility index (Phi) is 4.12. The van der Waals surface area contributed by atoms with E-state index in [1.807, 2.05) is 0 Å². The van der Waals surface area contributed by atoms with Crippen LogP contribution in [0.2, 0.25) is 0 Å². The molecule has 0 radical (unpaired) electrons. The van der Waals surface area contributed by atoms with Gasteiger partial charge in [0, 0.05) is 17.2 Å². The van der Waals surface area contributed by atoms with E-state index >= 15 is 0 Å². The average molecular weight is 327 g/mol. The number of nitrogens with zero attached hydrogens (tertiary/aromatic N) is 1. The summed E-state index contributed by atoms with van der Waals surface area (Å²) >= 11 is 1.72. The number of nitrogens with one attached hydrogen (secondary N) is 2. The van der Waals surface area contributed by atoms with Gasteiger partial charge in [-0.2, -0.15) is 0 Å². The van der Waals surface area contributed by atoms with Crippen molar-refractivity contribution < 1.29 is 5.11 Å². The molecule has 1 atom stereocenters. The molecular weight excluding hydrogens is 305 g/mol. The average Bonchev–Trinajstić information content (AvgIpc) is 3.26. The third-order valence-electron chi connectivity index (χ3n) is 4.74. The van der Waals surface area contributed by atoms with Gasteiger partial charge in [0.1, 0.15) is 12.9 Å². The Hall–Kier alpha value is -1.40. The highest BCUT2D eigenvalue weighted by Crippen LogP contribution is 2.30. The molecule has 0 unspecified atom stereocenters. The number of aliphatic hydroxyl groups excluding tert-OH is 1. The number of aliphatic imine (C=N–C) groups is 1. The molecule has 1 aliphatic carbocycles. The number of hydrogen-bond acceptors (Lipinski definition) is 4. The van der Waals surface area contributed by atoms with Crippen LogP contribution in [0.3, 0.4) is 0 Å². The molecule has 23 heavy (non-hydrogen) atoms. The standard InChI is InChI=1S/C17H22BN3OS/c18-11-5-10-6-15(17-20-13(8-22)9-23-17)21-16(10)14(7-11)19-12-3-1-2-4-12/h5-7,12-13,19,21-22H,1-4,8-9,18H2/t13-/m1/s1. The van der Waals surface area contributed by atoms with Crippen molar-refractivity contribution in [3.63, 3.8) is 0 Å². The van der Waals surface area contributed by atoms with Crippen molar-refractivity contribution in [2.45, 2.75) is 37.8 Å². The molecule has 0 bridgehead atoms. The second-order valence-electron chi connectivity index (χ2n) is 6.67. The first-order chi connectivity index (χ1) is 11.2. The van der Waals surface area contributed by atoms with E-state index in [9.17, 15) is 5.11 Å². The van der Waals surface area contributed by atoms with Gasteiger partial charge in [0.2, 0.25) is 0 Å². The number of benzene rings is 1. The zero-order valence-corrected chi connectivity index (χ0v) is 14.2. The second-order valence-corrected chi connectivity index (χ2v) is 7.68. The zero-order valence-electron chi connectivity index (χ0n) is 13.4. The molecule has 1 saturated carbocycles. The third-order valence-corrected chi connectivity index (χ3v) is 5.89. The van der Waals surface area contributed by atoms with Gasteiger partial charge in [-0.15, -0.1) is 11.8 Å². The summed E-state index contributed by atoms with van der Waals surface area (Å²) in [6.07, 6.45) is 5.20. The number of aliphatic hydroxyl groups is 1. The smallest absolute Gasteiger partial charge is 0.139 e. The number of fused-ring (bicyclic) bond motifs is 1. The molecule has 2 aromatic rings. The molecule has 3 N–H and O–H groups in total. The van der Waals surface area contributed by atoms with Crippen LogP contribution in [-0.2, 0) is 0 Å². The van der Waals surface area contributed by atoms with Crippen LogP contribution in [0.15, 0.2) is 23.2 Å². The van der Waals surface area contributed by atoms with E-state index in [1.165, 1.54) is 47.7 Å². The van der Waals surface area contributed by atoms with Gasteiger partial charge in [-0.05, 0) is 25.0 Å². The Morgan fingerprint density at radius 2 is 2.13 bits per heavy atom. The maximum atomic E-state index is 9.27. The van der Waals surface area contributed by atoms with E-state index in [0.717, 1.165) is 16.5 Å². The molecule has 0 saturated heterocycles. The Bertz CT molecular complexity index is 752. The molecule has 2 heterocycles. The van der Waals surface area contributed by atoms with Crippen LogP contribution in [0.5, 0.6) is 0 Å². The van der Waals surface area contributed by atoms with Crippen LogP contribution >= 0.6 is 11.8 Å². The Labute approximate surface area is 141 Å². The van der Waals surface area contributed by atoms with E-state index in [0.29, 0.717) is 6.04 Å². The lowest BCUT2D eigenvalue weighted by Gasteiger charge is -2.15. The molecule has 0 spiro atoms. The molecule has 4 rings (SSSR count). The highest BCUT2D eigenvalue weighted by Gasteiger charge is 2.21. The number of aromatic nitrogens is 1. The lowest BCUT2D eigenvalue weighted by atomic mass is 9.94. The highest BCUT2D eigenvalue weighted by molar-refractivity contribution is 8.14. The lowest BCUT2D eigenvalue weighted by molar-refractivity contribution is 0.277. The Morgan fingerprint density at radius 1 is 1.30 bits per heavy atom. The van der Waals surface area contributed by atoms with Gasteiger partial charge in [0.05, 0.1) is 29.5 Å². The van der Waals surface area contributed by atoms with Crippen LogP contribution in [0, 0.1) is 0 Å². The predicted molar refractivity (Wildman–Crippen MR) is 102 cm³/mol. The Balaban J connectivity index is 1.70. The minimum atomic E-state index is 0.0410. The summed E-state index contributed by atoms with van der Waals surface area (Å²) < 4.78 is 0. The van der Waals surface area contributed by atoms with Gasteiger partial charge >= 0.3 is 0 Å². The summed E-state index contributed by atoms with van der Waals surface area (Å²) in [5, 5.41) is 15.3. The molecular formula is C17H22BN3OS. The number of aromatic amines is 1. The minimum Gasteiger partial charge on any atom is -0.394 e. The van der Waals surface area contributed by atoms with E-state index in [4.69, 9.17) is 0 Å². The summed E-state index contributed by atoms with van der Waals surface area (Å²) in [4.78, 5) is 8.16. The molecule has 1 aromatic heterocycles. The van der Waals surface area contributed by atoms with Crippen molar-refractivity contribution in [1.29, 1.82) is 0 Å². The summed E-state index contributed by atoms with van der Waals surface area (Å²) in [5.74, 6) is 0.868. The number of rotatable bonds is 4. The number of anilines is 1. The summed E-state index contributed by atoms with van der Waals surface area (Å²) in [6, 6.07) is 7.29. The van der Waals surface area contributed by atoms with Crippen molar-refractivity contribution in [3.05, 3.63) is 23.9 Å². The largest absolute Gasteiger partial charge is 0.394 e. The first kappa shape index (κ1) is 15.2. The monoisotopic (exact) mass is 327 g/mol. The van der Waals surface area contributed by atoms with Crippen molar-refractivity contribution in [1.82, 2.24) is 4.98 Å². The first-order valence-electron chi connectivity index (χ1n) is 8.44. The van der Waals surface area contributed by atoms with Crippen molar-refractivity contribution in [3.8, 4) is 0 Å². The number of H-pyrrole nitrogens is 1. The molecule has 1 aliphatic heterocycles. The van der Waals surface area contributed by atoms with Crippen LogP contribution in [0.4, 0.5) is 5.69 Å². The summed E-state index contributed by atoms with van der Waals surface area (Å²) in [7, 11) is 2.15. The van der Waals surface area contributed by atoms with Gasteiger partial charge in [0.25, 0.3) is 0 Å². The number of hydrogen-bond donors (Lipinski definition) is 3. The fraction of sp³-hybridized carbons (Fsp3) is 0.471. The fourth-order valence-corrected chi connectivity index (χ4v) is 4.59. The van der Waals surface area contributed by atoms with Crippen molar-refractivity contribution in [2.24, 2.45) is 4.99 Å². The summed E-state index contributed by atoms with van der Waals surface area (Å²) in [6.45, 7) is 0.129. The van der Waals surface area contributed by atoms with Gasteiger partial charge in [-0.25, -0.2) is 0 Å². The second kappa shape index (κ2) is 6.25. The SMILES string of the molecule is Bc1cc(NC2CCCC2)c2[nH]c(C3=N[C@H](CO)CS3)cc2c1. The normalized spacial score (nSPS) is 22.0. The Morgan fingerprint density at radius 3 is 2.87 bits per heavy atom. The van der Waals surface area contributed by atoms with Crippen LogP contribution in [-0.4, -0.2) is 47.4 Å². The molecule has 2 aliphatic rings. The molecule has 1 fully saturated rings. The van der Waals surface area contributed by atoms with Gasteiger partial charge in [0.15, 0.2) is 0 Å². The lowest BCUT2D eigenvalue weighted by Crippen LogP contribution is -2.16. The molecule has 0 amide bonds. The summed E-state index contributed by atoms with van der Waals surface area (Å²) in [5.41, 5.74) is 4.73. The molecule has 6 heteroatoms. The number of thioether (sulfide) groups is 1. The van der Waals surface area contributed by atoms with E-state index < -0.39 is 0 Å². The van der Waals surface area contributed by atoms with Crippen molar-refractivity contribution >= 4 is 46.7 Å². The predicted octanol–water partition coefficient (Wildman–Crippen LogP) is 1.64. The minimum absolute atomic E-state index is 0.0410. The van der Waals surface area contributed by atoms with Gasteiger partial charge in [-0.1, -0.05) is 24.4 Å². The maximum absolute atomic E-state index is 9.27. The van der Waals surface area contributed by atoms with Crippen LogP contribution in [0.25, 0.3) is 10.9 Å². The molecule has 4 nitrogen and oxygen atoms in total. The van der Waals surface area contributed by atoms with Crippen LogP contribution < -0.4 is 10.8 Å². The van der Waals surface area contributed by atoms with Crippen molar-refractivity contribution in [2.75, 3.05) is 17.7 Å². The maximum Gasteiger partial charge on any atom is 0.139 e. The van der Waals surface area contributed by atoms with E-state index in [1.54, 1.807) is 11.8 Å². The van der Waals surface area contributed by atoms with Gasteiger partial charge in [-0.3, -0.25) is 4.99 Å². The van der Waals surface area contributed by atoms with Crippen LogP contribution in [0.1, 0.15) is 31.4 Å². The third kappa shape index (κ3) is 3.02. The highest BCUT2D eigenvalue weighted by atomic mass is 32.2. The zero-order chi connectivity index (χ0) is 15.8. The quantitative estimate of drug-likeness (QED) is 0.748. The topological polar surface area (TPSA) is 60.4 Å². The fourth-order valence-electron chi connectivity index (χ4n) is 3.57. The molecule has 120 valence electrons. The first-order valence-corrected chi connectivity index (χ1v) is 9.43. The van der Waals surface area contributed by atoms with E-state index in [-0.39, 0.29) is 12.6 Å².